The van der Waals surface area contributed by atoms with Crippen LogP contribution in [0.2, 0.25) is 0 Å². The van der Waals surface area contributed by atoms with E-state index in [1.807, 2.05) is 26.0 Å². The highest BCUT2D eigenvalue weighted by Crippen LogP contribution is 2.26. The summed E-state index contributed by atoms with van der Waals surface area (Å²) < 4.78 is 0. The van der Waals surface area contributed by atoms with E-state index in [4.69, 9.17) is 5.11 Å². The SMILES string of the molecule is CCCCC(Sc1cc(C)cc(C)n1)C(=O)O. The third-order valence-corrected chi connectivity index (χ3v) is 3.61. The van der Waals surface area contributed by atoms with Gasteiger partial charge in [0, 0.05) is 5.69 Å². The minimum atomic E-state index is -0.746. The van der Waals surface area contributed by atoms with E-state index < -0.39 is 5.97 Å². The van der Waals surface area contributed by atoms with Crippen molar-refractivity contribution in [3.05, 3.63) is 23.4 Å². The van der Waals surface area contributed by atoms with Crippen LogP contribution < -0.4 is 0 Å². The molecule has 1 rings (SSSR count). The van der Waals surface area contributed by atoms with Crippen LogP contribution in [0.5, 0.6) is 0 Å². The highest BCUT2D eigenvalue weighted by molar-refractivity contribution is 8.00. The lowest BCUT2D eigenvalue weighted by molar-refractivity contribution is -0.136. The summed E-state index contributed by atoms with van der Waals surface area (Å²) in [5.41, 5.74) is 2.06. The van der Waals surface area contributed by atoms with Gasteiger partial charge in [0.1, 0.15) is 5.25 Å². The third kappa shape index (κ3) is 4.77. The topological polar surface area (TPSA) is 50.2 Å². The first-order chi connectivity index (χ1) is 8.02. The van der Waals surface area contributed by atoms with Crippen molar-refractivity contribution in [2.75, 3.05) is 0 Å². The number of rotatable bonds is 6. The van der Waals surface area contributed by atoms with Crippen LogP contribution in [0.4, 0.5) is 0 Å². The standard InChI is InChI=1S/C13H19NO2S/c1-4-5-6-11(13(15)16)17-12-8-9(2)7-10(3)14-12/h7-8,11H,4-6H2,1-3H3,(H,15,16). The Balaban J connectivity index is 2.74. The Hall–Kier alpha value is -1.03. The van der Waals surface area contributed by atoms with Crippen molar-refractivity contribution in [2.45, 2.75) is 50.3 Å². The smallest absolute Gasteiger partial charge is 0.317 e. The summed E-state index contributed by atoms with van der Waals surface area (Å²) in [6.45, 7) is 6.00. The Kier molecular flexibility index (Phi) is 5.48. The molecule has 0 bridgehead atoms. The number of pyridine rings is 1. The molecule has 0 aliphatic rings. The van der Waals surface area contributed by atoms with Gasteiger partial charge < -0.3 is 5.11 Å². The molecule has 0 aromatic carbocycles. The van der Waals surface area contributed by atoms with E-state index in [2.05, 4.69) is 11.9 Å². The van der Waals surface area contributed by atoms with Crippen molar-refractivity contribution in [2.24, 2.45) is 0 Å². The molecule has 0 radical (unpaired) electrons. The second kappa shape index (κ2) is 6.64. The molecule has 1 unspecified atom stereocenters. The van der Waals surface area contributed by atoms with Crippen LogP contribution in [0, 0.1) is 13.8 Å². The molecule has 0 aliphatic carbocycles. The molecule has 0 saturated heterocycles. The van der Waals surface area contributed by atoms with Crippen molar-refractivity contribution in [1.82, 2.24) is 4.98 Å². The summed E-state index contributed by atoms with van der Waals surface area (Å²) in [6, 6.07) is 3.94. The fourth-order valence-electron chi connectivity index (χ4n) is 1.63. The lowest BCUT2D eigenvalue weighted by Crippen LogP contribution is -2.16. The minimum Gasteiger partial charge on any atom is -0.480 e. The Labute approximate surface area is 107 Å². The van der Waals surface area contributed by atoms with E-state index in [0.29, 0.717) is 6.42 Å². The maximum absolute atomic E-state index is 11.1. The lowest BCUT2D eigenvalue weighted by atomic mass is 10.2. The molecule has 0 spiro atoms. The predicted octanol–water partition coefficient (Wildman–Crippen LogP) is 3.43. The average molecular weight is 253 g/mol. The first kappa shape index (κ1) is 14.0. The van der Waals surface area contributed by atoms with E-state index >= 15 is 0 Å². The summed E-state index contributed by atoms with van der Waals surface area (Å²) in [7, 11) is 0. The number of carboxylic acid groups (broad SMARTS) is 1. The van der Waals surface area contributed by atoms with Crippen LogP contribution >= 0.6 is 11.8 Å². The van der Waals surface area contributed by atoms with E-state index in [0.717, 1.165) is 29.1 Å². The number of unbranched alkanes of at least 4 members (excludes halogenated alkanes) is 1. The quantitative estimate of drug-likeness (QED) is 0.789. The summed E-state index contributed by atoms with van der Waals surface area (Å²) in [6.07, 6.45) is 2.66. The van der Waals surface area contributed by atoms with Gasteiger partial charge in [-0.15, -0.1) is 0 Å². The van der Waals surface area contributed by atoms with Gasteiger partial charge in [0.25, 0.3) is 0 Å². The molecule has 4 heteroatoms. The molecule has 3 nitrogen and oxygen atoms in total. The molecule has 1 heterocycles. The molecule has 1 atom stereocenters. The number of nitrogens with zero attached hydrogens (tertiary/aromatic N) is 1. The van der Waals surface area contributed by atoms with Gasteiger partial charge in [0.2, 0.25) is 0 Å². The van der Waals surface area contributed by atoms with Gasteiger partial charge in [-0.3, -0.25) is 4.79 Å². The van der Waals surface area contributed by atoms with Crippen LogP contribution in [0.25, 0.3) is 0 Å². The maximum Gasteiger partial charge on any atom is 0.317 e. The molecule has 0 fully saturated rings. The fourth-order valence-corrected chi connectivity index (χ4v) is 2.76. The molecule has 1 N–H and O–H groups in total. The van der Waals surface area contributed by atoms with Gasteiger partial charge in [-0.05, 0) is 38.0 Å². The second-order valence-corrected chi connectivity index (χ2v) is 5.43. The van der Waals surface area contributed by atoms with E-state index in [1.165, 1.54) is 11.8 Å². The van der Waals surface area contributed by atoms with Crippen LogP contribution in [0.3, 0.4) is 0 Å². The zero-order valence-corrected chi connectivity index (χ0v) is 11.4. The number of hydrogen-bond donors (Lipinski definition) is 1. The van der Waals surface area contributed by atoms with Crippen molar-refractivity contribution >= 4 is 17.7 Å². The number of aryl methyl sites for hydroxylation is 2. The maximum atomic E-state index is 11.1. The monoisotopic (exact) mass is 253 g/mol. The van der Waals surface area contributed by atoms with Crippen LogP contribution in [-0.4, -0.2) is 21.3 Å². The highest BCUT2D eigenvalue weighted by Gasteiger charge is 2.19. The van der Waals surface area contributed by atoms with Crippen LogP contribution in [0.1, 0.15) is 37.4 Å². The largest absolute Gasteiger partial charge is 0.480 e. The summed E-state index contributed by atoms with van der Waals surface area (Å²) in [5, 5.41) is 9.58. The minimum absolute atomic E-state index is 0.386. The van der Waals surface area contributed by atoms with Crippen LogP contribution in [-0.2, 0) is 4.79 Å². The summed E-state index contributed by atoms with van der Waals surface area (Å²) >= 11 is 1.35. The van der Waals surface area contributed by atoms with Gasteiger partial charge in [-0.2, -0.15) is 0 Å². The molecule has 1 aromatic rings. The molecule has 17 heavy (non-hydrogen) atoms. The molecule has 0 aliphatic heterocycles. The van der Waals surface area contributed by atoms with Gasteiger partial charge in [-0.25, -0.2) is 4.98 Å². The summed E-state index contributed by atoms with van der Waals surface area (Å²) in [5.74, 6) is -0.746. The molecule has 94 valence electrons. The molecule has 1 aromatic heterocycles. The Morgan fingerprint density at radius 3 is 2.71 bits per heavy atom. The predicted molar refractivity (Wildman–Crippen MR) is 70.5 cm³/mol. The van der Waals surface area contributed by atoms with Gasteiger partial charge in [0.15, 0.2) is 0 Å². The van der Waals surface area contributed by atoms with Gasteiger partial charge in [-0.1, -0.05) is 31.5 Å². The number of carboxylic acids is 1. The zero-order chi connectivity index (χ0) is 12.8. The molecule has 0 saturated carbocycles. The molecular formula is C13H19NO2S. The average Bonchev–Trinajstić information content (AvgIpc) is 2.22. The van der Waals surface area contributed by atoms with Crippen molar-refractivity contribution in [3.63, 3.8) is 0 Å². The highest BCUT2D eigenvalue weighted by atomic mass is 32.2. The van der Waals surface area contributed by atoms with Crippen molar-refractivity contribution in [3.8, 4) is 0 Å². The fraction of sp³-hybridized carbons (Fsp3) is 0.538. The Morgan fingerprint density at radius 2 is 2.18 bits per heavy atom. The van der Waals surface area contributed by atoms with E-state index in [1.54, 1.807) is 0 Å². The lowest BCUT2D eigenvalue weighted by Gasteiger charge is -2.11. The zero-order valence-electron chi connectivity index (χ0n) is 10.6. The van der Waals surface area contributed by atoms with Gasteiger partial charge in [0.05, 0.1) is 5.03 Å². The third-order valence-electron chi connectivity index (χ3n) is 2.43. The summed E-state index contributed by atoms with van der Waals surface area (Å²) in [4.78, 5) is 15.5. The Morgan fingerprint density at radius 1 is 1.47 bits per heavy atom. The number of thioether (sulfide) groups is 1. The molecule has 0 amide bonds. The van der Waals surface area contributed by atoms with Crippen molar-refractivity contribution < 1.29 is 9.90 Å². The van der Waals surface area contributed by atoms with Gasteiger partial charge >= 0.3 is 5.97 Å². The van der Waals surface area contributed by atoms with Crippen molar-refractivity contribution in [1.29, 1.82) is 0 Å². The first-order valence-corrected chi connectivity index (χ1v) is 6.75. The Bertz CT molecular complexity index is 373. The normalized spacial score (nSPS) is 12.4. The van der Waals surface area contributed by atoms with Crippen LogP contribution in [0.15, 0.2) is 17.2 Å². The number of aliphatic carboxylic acids is 1. The first-order valence-electron chi connectivity index (χ1n) is 5.87. The number of hydrogen-bond acceptors (Lipinski definition) is 3. The van der Waals surface area contributed by atoms with E-state index in [-0.39, 0.29) is 5.25 Å². The second-order valence-electron chi connectivity index (χ2n) is 4.21. The molecular weight excluding hydrogens is 234 g/mol. The number of carbonyl (C=O) groups is 1. The number of aromatic nitrogens is 1. The van der Waals surface area contributed by atoms with E-state index in [9.17, 15) is 4.79 Å².